The van der Waals surface area contributed by atoms with Gasteiger partial charge in [0.2, 0.25) is 0 Å². The smallest absolute Gasteiger partial charge is 0.196 e. The van der Waals surface area contributed by atoms with Crippen LogP contribution in [0.25, 0.3) is 0 Å². The first-order valence-corrected chi connectivity index (χ1v) is 6.91. The standard InChI is InChI=1S/C12H17N3S.ClH/c1-8-6-16-7-11(8)15-12-13-9-4-2-3-5-10(9)14-12;/h6-7,9-10H,2-5H2,1H3,(H2,13,14,15);1H/t9-,10-;/m0./s1. The van der Waals surface area contributed by atoms with Crippen molar-refractivity contribution < 1.29 is 0 Å². The highest BCUT2D eigenvalue weighted by Crippen LogP contribution is 2.26. The number of anilines is 1. The summed E-state index contributed by atoms with van der Waals surface area (Å²) in [7, 11) is 0. The minimum atomic E-state index is 0. The Morgan fingerprint density at radius 2 is 2.18 bits per heavy atom. The fourth-order valence-electron chi connectivity index (χ4n) is 2.50. The maximum absolute atomic E-state index is 4.73. The molecular weight excluding hydrogens is 254 g/mol. The second-order valence-electron chi connectivity index (χ2n) is 4.67. The van der Waals surface area contributed by atoms with Crippen molar-refractivity contribution in [2.75, 3.05) is 5.32 Å². The minimum Gasteiger partial charge on any atom is -0.351 e. The number of thiophene rings is 1. The summed E-state index contributed by atoms with van der Waals surface area (Å²) in [5.41, 5.74) is 2.49. The fraction of sp³-hybridized carbons (Fsp3) is 0.583. The van der Waals surface area contributed by atoms with Crippen LogP contribution in [-0.2, 0) is 0 Å². The molecule has 1 aromatic heterocycles. The Labute approximate surface area is 112 Å². The zero-order valence-electron chi connectivity index (χ0n) is 9.90. The molecule has 1 saturated carbocycles. The molecule has 17 heavy (non-hydrogen) atoms. The van der Waals surface area contributed by atoms with Gasteiger partial charge in [0.1, 0.15) is 0 Å². The Bertz CT molecular complexity index is 416. The maximum atomic E-state index is 4.73. The topological polar surface area (TPSA) is 36.4 Å². The normalized spacial score (nSPS) is 26.5. The summed E-state index contributed by atoms with van der Waals surface area (Å²) < 4.78 is 0. The third kappa shape index (κ3) is 2.58. The van der Waals surface area contributed by atoms with Gasteiger partial charge in [-0.05, 0) is 30.7 Å². The van der Waals surface area contributed by atoms with E-state index in [0.29, 0.717) is 12.1 Å². The van der Waals surface area contributed by atoms with E-state index in [1.165, 1.54) is 36.9 Å². The number of nitrogens with one attached hydrogen (secondary N) is 2. The Hall–Kier alpha value is -0.740. The summed E-state index contributed by atoms with van der Waals surface area (Å²) in [6, 6.07) is 1.09. The van der Waals surface area contributed by atoms with Gasteiger partial charge in [-0.25, -0.2) is 4.99 Å². The number of guanidine groups is 1. The van der Waals surface area contributed by atoms with Crippen LogP contribution in [0.4, 0.5) is 5.69 Å². The van der Waals surface area contributed by atoms with Gasteiger partial charge in [-0.1, -0.05) is 12.8 Å². The van der Waals surface area contributed by atoms with Crippen molar-refractivity contribution in [2.24, 2.45) is 4.99 Å². The number of hydrogen-bond acceptors (Lipinski definition) is 4. The van der Waals surface area contributed by atoms with Crippen molar-refractivity contribution in [3.63, 3.8) is 0 Å². The second kappa shape index (κ2) is 5.27. The fourth-order valence-corrected chi connectivity index (χ4v) is 3.28. The Kier molecular flexibility index (Phi) is 3.94. The first kappa shape index (κ1) is 12.7. The summed E-state index contributed by atoms with van der Waals surface area (Å²) in [5.74, 6) is 0.971. The predicted molar refractivity (Wildman–Crippen MR) is 76.5 cm³/mol. The van der Waals surface area contributed by atoms with E-state index >= 15 is 0 Å². The van der Waals surface area contributed by atoms with Crippen molar-refractivity contribution in [1.29, 1.82) is 0 Å². The highest BCUT2D eigenvalue weighted by atomic mass is 35.5. The monoisotopic (exact) mass is 271 g/mol. The predicted octanol–water partition coefficient (Wildman–Crippen LogP) is 3.16. The first-order chi connectivity index (χ1) is 7.83. The lowest BCUT2D eigenvalue weighted by Gasteiger charge is -2.23. The molecule has 0 aromatic carbocycles. The van der Waals surface area contributed by atoms with Crippen LogP contribution in [0.15, 0.2) is 15.8 Å². The number of hydrogen-bond donors (Lipinski definition) is 2. The van der Waals surface area contributed by atoms with Gasteiger partial charge in [0.05, 0.1) is 17.8 Å². The minimum absolute atomic E-state index is 0. The van der Waals surface area contributed by atoms with Gasteiger partial charge in [-0.3, -0.25) is 0 Å². The molecule has 0 spiro atoms. The number of aliphatic imine (C=N–C) groups is 1. The molecule has 0 radical (unpaired) electrons. The first-order valence-electron chi connectivity index (χ1n) is 5.97. The van der Waals surface area contributed by atoms with Gasteiger partial charge in [0.15, 0.2) is 5.96 Å². The van der Waals surface area contributed by atoms with Gasteiger partial charge in [0, 0.05) is 5.38 Å². The molecule has 1 aliphatic heterocycles. The van der Waals surface area contributed by atoms with Crippen LogP contribution in [0, 0.1) is 6.92 Å². The van der Waals surface area contributed by atoms with Gasteiger partial charge >= 0.3 is 0 Å². The van der Waals surface area contributed by atoms with Crippen LogP contribution < -0.4 is 10.6 Å². The largest absolute Gasteiger partial charge is 0.351 e. The Balaban J connectivity index is 0.00000108. The maximum Gasteiger partial charge on any atom is 0.196 e. The van der Waals surface area contributed by atoms with Gasteiger partial charge in [-0.2, -0.15) is 0 Å². The van der Waals surface area contributed by atoms with Crippen LogP contribution in [0.1, 0.15) is 31.2 Å². The molecule has 0 bridgehead atoms. The third-order valence-electron chi connectivity index (χ3n) is 3.46. The number of fused-ring (bicyclic) bond motifs is 1. The molecule has 0 saturated heterocycles. The Morgan fingerprint density at radius 1 is 1.35 bits per heavy atom. The van der Waals surface area contributed by atoms with Gasteiger partial charge in [-0.15, -0.1) is 23.7 Å². The van der Waals surface area contributed by atoms with Crippen molar-refractivity contribution in [2.45, 2.75) is 44.7 Å². The van der Waals surface area contributed by atoms with E-state index in [0.717, 1.165) is 5.96 Å². The molecule has 2 N–H and O–H groups in total. The summed E-state index contributed by atoms with van der Waals surface area (Å²) in [5, 5.41) is 11.2. The molecular formula is C12H18ClN3S. The zero-order chi connectivity index (χ0) is 11.0. The summed E-state index contributed by atoms with van der Waals surface area (Å²) in [6.45, 7) is 2.13. The van der Waals surface area contributed by atoms with Crippen molar-refractivity contribution in [1.82, 2.24) is 5.32 Å². The third-order valence-corrected chi connectivity index (χ3v) is 4.32. The summed E-state index contributed by atoms with van der Waals surface area (Å²) in [4.78, 5) is 4.73. The molecule has 0 amide bonds. The van der Waals surface area contributed by atoms with E-state index in [9.17, 15) is 0 Å². The summed E-state index contributed by atoms with van der Waals surface area (Å²) >= 11 is 1.73. The SMILES string of the molecule is Cc1cscc1NC1=N[C@H]2CCCC[C@@H]2N1.Cl. The molecule has 2 atom stereocenters. The van der Waals surface area contributed by atoms with Gasteiger partial charge < -0.3 is 10.6 Å². The van der Waals surface area contributed by atoms with E-state index < -0.39 is 0 Å². The Morgan fingerprint density at radius 3 is 2.88 bits per heavy atom. The van der Waals surface area contributed by atoms with Crippen LogP contribution in [0.2, 0.25) is 0 Å². The number of aryl methyl sites for hydroxylation is 1. The highest BCUT2D eigenvalue weighted by Gasteiger charge is 2.30. The van der Waals surface area contributed by atoms with Crippen molar-refractivity contribution >= 4 is 35.4 Å². The molecule has 1 aromatic rings. The average molecular weight is 272 g/mol. The van der Waals surface area contributed by atoms with Crippen LogP contribution in [-0.4, -0.2) is 18.0 Å². The van der Waals surface area contributed by atoms with Crippen molar-refractivity contribution in [3.8, 4) is 0 Å². The molecule has 3 nitrogen and oxygen atoms in total. The number of halogens is 1. The average Bonchev–Trinajstić information content (AvgIpc) is 2.85. The van der Waals surface area contributed by atoms with Gasteiger partial charge in [0.25, 0.3) is 0 Å². The van der Waals surface area contributed by atoms with Crippen LogP contribution >= 0.6 is 23.7 Å². The lowest BCUT2D eigenvalue weighted by Crippen LogP contribution is -2.38. The van der Waals surface area contributed by atoms with Crippen LogP contribution in [0.5, 0.6) is 0 Å². The lowest BCUT2D eigenvalue weighted by atomic mass is 9.92. The zero-order valence-corrected chi connectivity index (χ0v) is 11.5. The molecule has 2 heterocycles. The molecule has 94 valence electrons. The molecule has 1 aliphatic carbocycles. The molecule has 1 fully saturated rings. The highest BCUT2D eigenvalue weighted by molar-refractivity contribution is 7.08. The molecule has 2 aliphatic rings. The molecule has 3 rings (SSSR count). The number of nitrogens with zero attached hydrogens (tertiary/aromatic N) is 1. The van der Waals surface area contributed by atoms with E-state index in [2.05, 4.69) is 28.3 Å². The summed E-state index contributed by atoms with van der Waals surface area (Å²) in [6.07, 6.45) is 5.18. The van der Waals surface area contributed by atoms with E-state index in [1.807, 2.05) is 0 Å². The quantitative estimate of drug-likeness (QED) is 0.823. The van der Waals surface area contributed by atoms with Crippen molar-refractivity contribution in [3.05, 3.63) is 16.3 Å². The molecule has 5 heteroatoms. The van der Waals surface area contributed by atoms with E-state index in [1.54, 1.807) is 11.3 Å². The molecule has 0 unspecified atom stereocenters. The number of rotatable bonds is 1. The van der Waals surface area contributed by atoms with Crippen LogP contribution in [0.3, 0.4) is 0 Å². The van der Waals surface area contributed by atoms with E-state index in [-0.39, 0.29) is 12.4 Å². The van der Waals surface area contributed by atoms with E-state index in [4.69, 9.17) is 4.99 Å². The second-order valence-corrected chi connectivity index (χ2v) is 5.42. The lowest BCUT2D eigenvalue weighted by molar-refractivity contribution is 0.384.